The molecule has 0 spiro atoms. The number of benzene rings is 1. The molecule has 1 rings (SSSR count). The van der Waals surface area contributed by atoms with Gasteiger partial charge in [0.25, 0.3) is 0 Å². The largest absolute Gasteiger partial charge is 0.504 e. The van der Waals surface area contributed by atoms with Crippen molar-refractivity contribution in [3.63, 3.8) is 0 Å². The Morgan fingerprint density at radius 3 is 2.71 bits per heavy atom. The van der Waals surface area contributed by atoms with Gasteiger partial charge in [0, 0.05) is 6.54 Å². The maximum absolute atomic E-state index is 10.6. The van der Waals surface area contributed by atoms with Gasteiger partial charge in [-0.05, 0) is 24.2 Å². The van der Waals surface area contributed by atoms with Crippen molar-refractivity contribution in [3.05, 3.63) is 23.8 Å². The zero-order chi connectivity index (χ0) is 12.8. The number of carboxylic acid groups (broad SMARTS) is 1. The Morgan fingerprint density at radius 1 is 1.47 bits per heavy atom. The summed E-state index contributed by atoms with van der Waals surface area (Å²) in [7, 11) is 1.48. The SMILES string of the molecule is CCN(CC(=O)O)Cc1ccc(O)c(OC)c1. The third-order valence-electron chi connectivity index (χ3n) is 2.46. The molecule has 0 saturated carbocycles. The van der Waals surface area contributed by atoms with Gasteiger partial charge >= 0.3 is 5.97 Å². The minimum atomic E-state index is -0.849. The molecule has 0 unspecified atom stereocenters. The number of likely N-dealkylation sites (N-methyl/N-ethyl adjacent to an activating group) is 1. The second kappa shape index (κ2) is 6.10. The van der Waals surface area contributed by atoms with Crippen LogP contribution in [-0.4, -0.2) is 41.3 Å². The average molecular weight is 239 g/mol. The number of nitrogens with zero attached hydrogens (tertiary/aromatic N) is 1. The molecule has 94 valence electrons. The van der Waals surface area contributed by atoms with Gasteiger partial charge in [0.2, 0.25) is 0 Å². The van der Waals surface area contributed by atoms with Crippen molar-refractivity contribution >= 4 is 5.97 Å². The molecule has 2 N–H and O–H groups in total. The number of carbonyl (C=O) groups is 1. The van der Waals surface area contributed by atoms with Crippen LogP contribution in [0, 0.1) is 0 Å². The lowest BCUT2D eigenvalue weighted by atomic mass is 10.2. The lowest BCUT2D eigenvalue weighted by Gasteiger charge is -2.18. The normalized spacial score (nSPS) is 10.5. The highest BCUT2D eigenvalue weighted by atomic mass is 16.5. The van der Waals surface area contributed by atoms with Crippen molar-refractivity contribution in [2.24, 2.45) is 0 Å². The maximum atomic E-state index is 10.6. The first-order chi connectivity index (χ1) is 8.06. The molecule has 0 heterocycles. The van der Waals surface area contributed by atoms with Crippen LogP contribution in [0.2, 0.25) is 0 Å². The number of phenolic OH excluding ortho intramolecular Hbond substituents is 1. The van der Waals surface area contributed by atoms with Crippen LogP contribution in [0.4, 0.5) is 0 Å². The van der Waals surface area contributed by atoms with Crippen molar-refractivity contribution in [2.75, 3.05) is 20.2 Å². The van der Waals surface area contributed by atoms with Crippen LogP contribution < -0.4 is 4.74 Å². The van der Waals surface area contributed by atoms with E-state index in [9.17, 15) is 9.90 Å². The van der Waals surface area contributed by atoms with E-state index in [0.29, 0.717) is 18.8 Å². The Balaban J connectivity index is 2.75. The molecule has 17 heavy (non-hydrogen) atoms. The van der Waals surface area contributed by atoms with E-state index in [1.807, 2.05) is 6.92 Å². The van der Waals surface area contributed by atoms with Gasteiger partial charge in [-0.3, -0.25) is 9.69 Å². The Morgan fingerprint density at radius 2 is 2.18 bits per heavy atom. The van der Waals surface area contributed by atoms with E-state index in [1.54, 1.807) is 23.1 Å². The van der Waals surface area contributed by atoms with Crippen molar-refractivity contribution in [2.45, 2.75) is 13.5 Å². The maximum Gasteiger partial charge on any atom is 0.317 e. The van der Waals surface area contributed by atoms with Crippen LogP contribution in [0.1, 0.15) is 12.5 Å². The number of rotatable bonds is 6. The summed E-state index contributed by atoms with van der Waals surface area (Å²) in [5.74, 6) is -0.371. The molecule has 0 aliphatic heterocycles. The molecule has 0 aliphatic carbocycles. The Bertz CT molecular complexity index is 392. The van der Waals surface area contributed by atoms with Crippen LogP contribution in [0.3, 0.4) is 0 Å². The second-order valence-electron chi connectivity index (χ2n) is 3.70. The molecule has 0 radical (unpaired) electrons. The van der Waals surface area contributed by atoms with Gasteiger partial charge in [-0.1, -0.05) is 13.0 Å². The molecule has 5 heteroatoms. The number of phenols is 1. The fourth-order valence-electron chi connectivity index (χ4n) is 1.55. The fourth-order valence-corrected chi connectivity index (χ4v) is 1.55. The predicted molar refractivity (Wildman–Crippen MR) is 63.2 cm³/mol. The molecule has 0 saturated heterocycles. The second-order valence-corrected chi connectivity index (χ2v) is 3.70. The molecule has 0 bridgehead atoms. The summed E-state index contributed by atoms with van der Waals surface area (Å²) in [6.07, 6.45) is 0. The number of methoxy groups -OCH3 is 1. The third kappa shape index (κ3) is 3.96. The number of hydrogen-bond donors (Lipinski definition) is 2. The number of ether oxygens (including phenoxy) is 1. The first-order valence-electron chi connectivity index (χ1n) is 5.36. The Labute approximate surface area is 100 Å². The van der Waals surface area contributed by atoms with Gasteiger partial charge in [-0.2, -0.15) is 0 Å². The monoisotopic (exact) mass is 239 g/mol. The van der Waals surface area contributed by atoms with Gasteiger partial charge in [0.05, 0.1) is 13.7 Å². The summed E-state index contributed by atoms with van der Waals surface area (Å²) in [4.78, 5) is 12.4. The number of hydrogen-bond acceptors (Lipinski definition) is 4. The first kappa shape index (κ1) is 13.3. The van der Waals surface area contributed by atoms with Crippen LogP contribution in [0.15, 0.2) is 18.2 Å². The lowest BCUT2D eigenvalue weighted by molar-refractivity contribution is -0.138. The van der Waals surface area contributed by atoms with Crippen LogP contribution in [-0.2, 0) is 11.3 Å². The van der Waals surface area contributed by atoms with Crippen LogP contribution >= 0.6 is 0 Å². The highest BCUT2D eigenvalue weighted by Gasteiger charge is 2.09. The number of carboxylic acids is 1. The highest BCUT2D eigenvalue weighted by Crippen LogP contribution is 2.26. The quantitative estimate of drug-likeness (QED) is 0.783. The summed E-state index contributed by atoms with van der Waals surface area (Å²) in [6, 6.07) is 5.00. The molecule has 1 aromatic carbocycles. The van der Waals surface area contributed by atoms with Crippen LogP contribution in [0.25, 0.3) is 0 Å². The van der Waals surface area contributed by atoms with Crippen molar-refractivity contribution < 1.29 is 19.7 Å². The molecular formula is C12H17NO4. The lowest BCUT2D eigenvalue weighted by Crippen LogP contribution is -2.29. The smallest absolute Gasteiger partial charge is 0.317 e. The van der Waals surface area contributed by atoms with E-state index < -0.39 is 5.97 Å². The van der Waals surface area contributed by atoms with E-state index in [1.165, 1.54) is 7.11 Å². The van der Waals surface area contributed by atoms with Crippen molar-refractivity contribution in [1.82, 2.24) is 4.90 Å². The van der Waals surface area contributed by atoms with E-state index in [-0.39, 0.29) is 12.3 Å². The molecule has 0 atom stereocenters. The van der Waals surface area contributed by atoms with Gasteiger partial charge in [0.1, 0.15) is 0 Å². The van der Waals surface area contributed by atoms with E-state index in [0.717, 1.165) is 5.56 Å². The molecule has 0 amide bonds. The van der Waals surface area contributed by atoms with Gasteiger partial charge in [-0.25, -0.2) is 0 Å². The zero-order valence-corrected chi connectivity index (χ0v) is 10.0. The van der Waals surface area contributed by atoms with Gasteiger partial charge in [0.15, 0.2) is 11.5 Å². The average Bonchev–Trinajstić information content (AvgIpc) is 2.30. The number of aliphatic carboxylic acids is 1. The fraction of sp³-hybridized carbons (Fsp3) is 0.417. The molecule has 1 aromatic rings. The summed E-state index contributed by atoms with van der Waals surface area (Å²) in [5.41, 5.74) is 0.905. The van der Waals surface area contributed by atoms with Crippen molar-refractivity contribution in [3.8, 4) is 11.5 Å². The minimum absolute atomic E-state index is 0.000306. The van der Waals surface area contributed by atoms with E-state index in [2.05, 4.69) is 0 Å². The van der Waals surface area contributed by atoms with Crippen molar-refractivity contribution in [1.29, 1.82) is 0 Å². The highest BCUT2D eigenvalue weighted by molar-refractivity contribution is 5.69. The molecule has 0 aliphatic rings. The van der Waals surface area contributed by atoms with Gasteiger partial charge < -0.3 is 14.9 Å². The summed E-state index contributed by atoms with van der Waals surface area (Å²) >= 11 is 0. The molecule has 0 fully saturated rings. The topological polar surface area (TPSA) is 70.0 Å². The molecule has 5 nitrogen and oxygen atoms in total. The van der Waals surface area contributed by atoms with Gasteiger partial charge in [-0.15, -0.1) is 0 Å². The third-order valence-corrected chi connectivity index (χ3v) is 2.46. The number of aromatic hydroxyl groups is 1. The zero-order valence-electron chi connectivity index (χ0n) is 10.0. The summed E-state index contributed by atoms with van der Waals surface area (Å²) in [5, 5.41) is 18.2. The standard InChI is InChI=1S/C12H17NO4/c1-3-13(8-12(15)16)7-9-4-5-10(14)11(6-9)17-2/h4-6,14H,3,7-8H2,1-2H3,(H,15,16). The predicted octanol–water partition coefficient (Wildman–Crippen LogP) is 1.31. The first-order valence-corrected chi connectivity index (χ1v) is 5.36. The van der Waals surface area contributed by atoms with Crippen LogP contribution in [0.5, 0.6) is 11.5 Å². The molecule has 0 aromatic heterocycles. The van der Waals surface area contributed by atoms with E-state index in [4.69, 9.17) is 9.84 Å². The molecular weight excluding hydrogens is 222 g/mol. The Hall–Kier alpha value is -1.75. The minimum Gasteiger partial charge on any atom is -0.504 e. The van der Waals surface area contributed by atoms with E-state index >= 15 is 0 Å². The Kier molecular flexibility index (Phi) is 4.78. The summed E-state index contributed by atoms with van der Waals surface area (Å²) < 4.78 is 5.00. The summed E-state index contributed by atoms with van der Waals surface area (Å²) in [6.45, 7) is 3.06.